The number of rotatable bonds is 2. The van der Waals surface area contributed by atoms with E-state index in [4.69, 9.17) is 4.84 Å². The normalized spacial score (nSPS) is 31.7. The summed E-state index contributed by atoms with van der Waals surface area (Å²) in [6.45, 7) is 1.70. The Morgan fingerprint density at radius 3 is 3.11 bits per heavy atom. The van der Waals surface area contributed by atoms with Crippen molar-refractivity contribution < 1.29 is 9.63 Å². The Labute approximate surface area is 52.8 Å². The monoisotopic (exact) mass is 127 g/mol. The van der Waals surface area contributed by atoms with Crippen LogP contribution in [0.1, 0.15) is 6.92 Å². The molecule has 1 radical (unpaired) electrons. The van der Waals surface area contributed by atoms with E-state index in [1.165, 1.54) is 6.41 Å². The summed E-state index contributed by atoms with van der Waals surface area (Å²) in [7, 11) is 0. The van der Waals surface area contributed by atoms with Gasteiger partial charge in [-0.1, -0.05) is 0 Å². The molecule has 1 unspecified atom stereocenters. The van der Waals surface area contributed by atoms with Crippen molar-refractivity contribution in [1.29, 1.82) is 0 Å². The summed E-state index contributed by atoms with van der Waals surface area (Å²) in [5.74, 6) is 0. The van der Waals surface area contributed by atoms with Gasteiger partial charge in [-0.2, -0.15) is 0 Å². The first-order chi connectivity index (χ1) is 4.27. The summed E-state index contributed by atoms with van der Waals surface area (Å²) >= 11 is 0. The summed E-state index contributed by atoms with van der Waals surface area (Å²) in [4.78, 5) is 14.6. The van der Waals surface area contributed by atoms with Gasteiger partial charge in [0.2, 0.25) is 0 Å². The molecule has 0 spiro atoms. The SMILES string of the molecule is CC1(N[C]=O)C=CNO1. The largest absolute Gasteiger partial charge is 0.315 e. The summed E-state index contributed by atoms with van der Waals surface area (Å²) in [6, 6.07) is 0. The number of hydrogen-bond acceptors (Lipinski definition) is 3. The molecule has 2 N–H and O–H groups in total. The van der Waals surface area contributed by atoms with Crippen molar-refractivity contribution in [3.63, 3.8) is 0 Å². The molecule has 1 aliphatic rings. The average molecular weight is 127 g/mol. The first-order valence-corrected chi connectivity index (χ1v) is 2.52. The zero-order valence-electron chi connectivity index (χ0n) is 4.97. The Kier molecular flexibility index (Phi) is 1.40. The van der Waals surface area contributed by atoms with Crippen molar-refractivity contribution in [3.8, 4) is 0 Å². The van der Waals surface area contributed by atoms with Gasteiger partial charge in [0.15, 0.2) is 5.72 Å². The van der Waals surface area contributed by atoms with Crippen LogP contribution in [-0.2, 0) is 9.63 Å². The van der Waals surface area contributed by atoms with Crippen molar-refractivity contribution in [2.45, 2.75) is 12.6 Å². The molecule has 1 heterocycles. The molecule has 1 rings (SSSR count). The lowest BCUT2D eigenvalue weighted by Crippen LogP contribution is -2.41. The number of hydroxylamine groups is 1. The van der Waals surface area contributed by atoms with Crippen molar-refractivity contribution in [2.75, 3.05) is 0 Å². The van der Waals surface area contributed by atoms with Crippen molar-refractivity contribution in [1.82, 2.24) is 10.8 Å². The Hall–Kier alpha value is -1.03. The van der Waals surface area contributed by atoms with Crippen LogP contribution in [0, 0.1) is 0 Å². The molecular weight excluding hydrogens is 120 g/mol. The van der Waals surface area contributed by atoms with Gasteiger partial charge in [-0.25, -0.2) is 4.84 Å². The third-order valence-electron chi connectivity index (χ3n) is 1.04. The third kappa shape index (κ3) is 1.20. The van der Waals surface area contributed by atoms with Crippen LogP contribution in [0.15, 0.2) is 12.3 Å². The topological polar surface area (TPSA) is 50.4 Å². The van der Waals surface area contributed by atoms with E-state index < -0.39 is 5.72 Å². The van der Waals surface area contributed by atoms with Crippen LogP contribution in [0.4, 0.5) is 0 Å². The molecule has 4 nitrogen and oxygen atoms in total. The minimum Gasteiger partial charge on any atom is -0.315 e. The fourth-order valence-electron chi connectivity index (χ4n) is 0.552. The predicted octanol–water partition coefficient (Wildman–Crippen LogP) is -0.592. The smallest absolute Gasteiger partial charge is 0.311 e. The van der Waals surface area contributed by atoms with Crippen molar-refractivity contribution in [3.05, 3.63) is 12.3 Å². The lowest BCUT2D eigenvalue weighted by atomic mass is 10.3. The molecule has 0 aliphatic carbocycles. The highest BCUT2D eigenvalue weighted by Crippen LogP contribution is 2.08. The molecule has 0 saturated heterocycles. The molecule has 9 heavy (non-hydrogen) atoms. The van der Waals surface area contributed by atoms with Crippen molar-refractivity contribution >= 4 is 6.41 Å². The average Bonchev–Trinajstić information content (AvgIpc) is 2.16. The standard InChI is InChI=1S/C5H7N2O2/c1-5(6-4-8)2-3-7-9-5/h2-3,7H,1H3,(H,6,8). The zero-order chi connectivity index (χ0) is 6.74. The highest BCUT2D eigenvalue weighted by molar-refractivity contribution is 5.49. The van der Waals surface area contributed by atoms with Crippen LogP contribution in [0.3, 0.4) is 0 Å². The van der Waals surface area contributed by atoms with Gasteiger partial charge >= 0.3 is 6.41 Å². The van der Waals surface area contributed by atoms with Gasteiger partial charge in [-0.05, 0) is 13.0 Å². The van der Waals surface area contributed by atoms with E-state index in [9.17, 15) is 4.79 Å². The number of hydrogen-bond donors (Lipinski definition) is 2. The summed E-state index contributed by atoms with van der Waals surface area (Å²) < 4.78 is 0. The van der Waals surface area contributed by atoms with Gasteiger partial charge in [0, 0.05) is 6.20 Å². The maximum absolute atomic E-state index is 9.79. The van der Waals surface area contributed by atoms with Gasteiger partial charge in [-0.3, -0.25) is 10.3 Å². The quantitative estimate of drug-likeness (QED) is 0.487. The molecule has 0 bridgehead atoms. The molecule has 0 aromatic heterocycles. The molecule has 1 atom stereocenters. The van der Waals surface area contributed by atoms with Gasteiger partial charge in [-0.15, -0.1) is 0 Å². The Balaban J connectivity index is 2.51. The summed E-state index contributed by atoms with van der Waals surface area (Å²) in [5.41, 5.74) is 1.76. The highest BCUT2D eigenvalue weighted by Gasteiger charge is 2.24. The second-order valence-electron chi connectivity index (χ2n) is 1.89. The van der Waals surface area contributed by atoms with Crippen LogP contribution in [-0.4, -0.2) is 12.1 Å². The fourth-order valence-corrected chi connectivity index (χ4v) is 0.552. The van der Waals surface area contributed by atoms with E-state index in [2.05, 4.69) is 10.8 Å². The van der Waals surface area contributed by atoms with E-state index in [1.54, 1.807) is 19.2 Å². The minimum atomic E-state index is -0.720. The molecular formula is C5H7N2O2. The van der Waals surface area contributed by atoms with Crippen LogP contribution >= 0.6 is 0 Å². The number of carbonyl (C=O) groups excluding carboxylic acids is 1. The van der Waals surface area contributed by atoms with Crippen LogP contribution in [0.2, 0.25) is 0 Å². The zero-order valence-corrected chi connectivity index (χ0v) is 4.97. The van der Waals surface area contributed by atoms with Crippen LogP contribution in [0.5, 0.6) is 0 Å². The highest BCUT2D eigenvalue weighted by atomic mass is 16.7. The number of nitrogens with one attached hydrogen (secondary N) is 2. The molecule has 0 saturated carbocycles. The van der Waals surface area contributed by atoms with Gasteiger partial charge in [0.25, 0.3) is 0 Å². The van der Waals surface area contributed by atoms with Crippen LogP contribution < -0.4 is 10.8 Å². The van der Waals surface area contributed by atoms with Crippen molar-refractivity contribution in [2.24, 2.45) is 0 Å². The lowest BCUT2D eigenvalue weighted by molar-refractivity contribution is -0.0342. The molecule has 1 amide bonds. The van der Waals surface area contributed by atoms with E-state index in [-0.39, 0.29) is 0 Å². The number of amides is 1. The Morgan fingerprint density at radius 2 is 2.67 bits per heavy atom. The van der Waals surface area contributed by atoms with E-state index in [0.29, 0.717) is 0 Å². The molecule has 0 aromatic rings. The predicted molar refractivity (Wildman–Crippen MR) is 30.6 cm³/mol. The molecule has 49 valence electrons. The maximum atomic E-state index is 9.79. The second-order valence-corrected chi connectivity index (χ2v) is 1.89. The molecule has 0 fully saturated rings. The second kappa shape index (κ2) is 2.06. The third-order valence-corrected chi connectivity index (χ3v) is 1.04. The van der Waals surface area contributed by atoms with E-state index in [1.807, 2.05) is 0 Å². The first-order valence-electron chi connectivity index (χ1n) is 2.52. The minimum absolute atomic E-state index is 0.720. The van der Waals surface area contributed by atoms with E-state index in [0.717, 1.165) is 0 Å². The Bertz CT molecular complexity index is 146. The fraction of sp³-hybridized carbons (Fsp3) is 0.400. The van der Waals surface area contributed by atoms with Crippen LogP contribution in [0.25, 0.3) is 0 Å². The Morgan fingerprint density at radius 1 is 1.89 bits per heavy atom. The van der Waals surface area contributed by atoms with Gasteiger partial charge < -0.3 is 5.32 Å². The lowest BCUT2D eigenvalue weighted by Gasteiger charge is -2.17. The molecule has 1 aliphatic heterocycles. The molecule has 4 heteroatoms. The van der Waals surface area contributed by atoms with Gasteiger partial charge in [0.05, 0.1) is 0 Å². The van der Waals surface area contributed by atoms with Gasteiger partial charge in [0.1, 0.15) is 0 Å². The summed E-state index contributed by atoms with van der Waals surface area (Å²) in [6.07, 6.45) is 4.81. The maximum Gasteiger partial charge on any atom is 0.311 e. The van der Waals surface area contributed by atoms with E-state index >= 15 is 0 Å². The summed E-state index contributed by atoms with van der Waals surface area (Å²) in [5, 5.41) is 2.34. The molecule has 0 aromatic carbocycles. The first kappa shape index (κ1) is 6.10.